The first-order valence-electron chi connectivity index (χ1n) is 10.8. The standard InChI is InChI=1S/C25H31NO3/c1-4-5-18(2)24(27)26-17-25(12-14-29-15-13-25)22-16-20(8-11-23(22)26)19-6-9-21(28-3)10-7-19/h6-11,16,18H,4-5,12-15,17H2,1-3H3. The van der Waals surface area contributed by atoms with Gasteiger partial charge in [0, 0.05) is 36.8 Å². The minimum Gasteiger partial charge on any atom is -0.497 e. The van der Waals surface area contributed by atoms with Crippen molar-refractivity contribution >= 4 is 11.6 Å². The van der Waals surface area contributed by atoms with Crippen LogP contribution in [0.2, 0.25) is 0 Å². The Bertz CT molecular complexity index is 868. The number of rotatable bonds is 5. The van der Waals surface area contributed by atoms with Gasteiger partial charge in [-0.25, -0.2) is 0 Å². The second kappa shape index (κ2) is 8.19. The minimum atomic E-state index is 0.0116. The molecule has 2 aromatic carbocycles. The molecule has 1 amide bonds. The van der Waals surface area contributed by atoms with Gasteiger partial charge in [-0.05, 0) is 60.2 Å². The molecular weight excluding hydrogens is 362 g/mol. The number of ether oxygens (including phenoxy) is 2. The lowest BCUT2D eigenvalue weighted by molar-refractivity contribution is -0.122. The van der Waals surface area contributed by atoms with E-state index in [-0.39, 0.29) is 17.2 Å². The molecule has 0 bridgehead atoms. The van der Waals surface area contributed by atoms with E-state index in [1.807, 2.05) is 12.1 Å². The molecular formula is C25H31NO3. The van der Waals surface area contributed by atoms with Crippen LogP contribution in [0.5, 0.6) is 5.75 Å². The number of methoxy groups -OCH3 is 1. The molecule has 1 spiro atoms. The predicted molar refractivity (Wildman–Crippen MR) is 117 cm³/mol. The van der Waals surface area contributed by atoms with Gasteiger partial charge in [-0.3, -0.25) is 4.79 Å². The summed E-state index contributed by atoms with van der Waals surface area (Å²) in [6.45, 7) is 6.51. The Balaban J connectivity index is 1.73. The topological polar surface area (TPSA) is 38.8 Å². The molecule has 2 aliphatic rings. The van der Waals surface area contributed by atoms with Gasteiger partial charge in [-0.1, -0.05) is 38.5 Å². The van der Waals surface area contributed by atoms with E-state index in [0.29, 0.717) is 0 Å². The van der Waals surface area contributed by atoms with Crippen molar-refractivity contribution in [1.29, 1.82) is 0 Å². The predicted octanol–water partition coefficient (Wildman–Crippen LogP) is 5.19. The lowest BCUT2D eigenvalue weighted by Crippen LogP contribution is -2.42. The van der Waals surface area contributed by atoms with Crippen molar-refractivity contribution < 1.29 is 14.3 Å². The van der Waals surface area contributed by atoms with Gasteiger partial charge in [0.25, 0.3) is 0 Å². The van der Waals surface area contributed by atoms with Gasteiger partial charge >= 0.3 is 0 Å². The van der Waals surface area contributed by atoms with Crippen LogP contribution in [0, 0.1) is 5.92 Å². The maximum absolute atomic E-state index is 13.2. The zero-order chi connectivity index (χ0) is 20.4. The van der Waals surface area contributed by atoms with Crippen molar-refractivity contribution in [3.8, 4) is 16.9 Å². The van der Waals surface area contributed by atoms with Crippen molar-refractivity contribution in [3.05, 3.63) is 48.0 Å². The molecule has 0 aromatic heterocycles. The molecule has 2 aliphatic heterocycles. The first-order valence-corrected chi connectivity index (χ1v) is 10.8. The van der Waals surface area contributed by atoms with Crippen LogP contribution >= 0.6 is 0 Å². The number of amides is 1. The van der Waals surface area contributed by atoms with Gasteiger partial charge in [0.2, 0.25) is 5.91 Å². The zero-order valence-corrected chi connectivity index (χ0v) is 17.7. The largest absolute Gasteiger partial charge is 0.497 e. The number of benzene rings is 2. The van der Waals surface area contributed by atoms with Gasteiger partial charge in [0.1, 0.15) is 5.75 Å². The van der Waals surface area contributed by atoms with E-state index < -0.39 is 0 Å². The van der Waals surface area contributed by atoms with Crippen molar-refractivity contribution in [2.24, 2.45) is 5.92 Å². The Morgan fingerprint density at radius 2 is 1.83 bits per heavy atom. The Labute approximate surface area is 173 Å². The van der Waals surface area contributed by atoms with Crippen LogP contribution in [0.3, 0.4) is 0 Å². The number of fused-ring (bicyclic) bond motifs is 2. The van der Waals surface area contributed by atoms with E-state index in [1.165, 1.54) is 16.7 Å². The third kappa shape index (κ3) is 3.66. The van der Waals surface area contributed by atoms with Gasteiger partial charge in [-0.15, -0.1) is 0 Å². The van der Waals surface area contributed by atoms with Gasteiger partial charge in [0.15, 0.2) is 0 Å². The molecule has 4 rings (SSSR count). The highest BCUT2D eigenvalue weighted by molar-refractivity contribution is 5.98. The van der Waals surface area contributed by atoms with E-state index in [4.69, 9.17) is 9.47 Å². The fourth-order valence-corrected chi connectivity index (χ4v) is 4.84. The van der Waals surface area contributed by atoms with E-state index in [0.717, 1.165) is 56.9 Å². The number of hydrogen-bond donors (Lipinski definition) is 0. The molecule has 2 heterocycles. The summed E-state index contributed by atoms with van der Waals surface area (Å²) in [5.41, 5.74) is 4.77. The molecule has 1 atom stereocenters. The smallest absolute Gasteiger partial charge is 0.229 e. The van der Waals surface area contributed by atoms with Crippen LogP contribution in [-0.2, 0) is 14.9 Å². The maximum atomic E-state index is 13.2. The maximum Gasteiger partial charge on any atom is 0.229 e. The lowest BCUT2D eigenvalue weighted by atomic mass is 9.75. The molecule has 1 fully saturated rings. The molecule has 0 aliphatic carbocycles. The SMILES string of the molecule is CCCC(C)C(=O)N1CC2(CCOCC2)c2cc(-c3ccc(OC)cc3)ccc21. The van der Waals surface area contributed by atoms with E-state index in [1.54, 1.807) is 7.11 Å². The summed E-state index contributed by atoms with van der Waals surface area (Å²) in [5.74, 6) is 1.18. The highest BCUT2D eigenvalue weighted by Gasteiger charge is 2.46. The second-order valence-corrected chi connectivity index (χ2v) is 8.47. The first kappa shape index (κ1) is 20.0. The third-order valence-electron chi connectivity index (χ3n) is 6.60. The summed E-state index contributed by atoms with van der Waals surface area (Å²) in [6.07, 6.45) is 3.91. The van der Waals surface area contributed by atoms with Crippen LogP contribution in [0.4, 0.5) is 5.69 Å². The van der Waals surface area contributed by atoms with Gasteiger partial charge in [-0.2, -0.15) is 0 Å². The third-order valence-corrected chi connectivity index (χ3v) is 6.60. The van der Waals surface area contributed by atoms with Crippen LogP contribution in [0.1, 0.15) is 45.1 Å². The first-order chi connectivity index (χ1) is 14.1. The van der Waals surface area contributed by atoms with Crippen molar-refractivity contribution in [2.75, 3.05) is 31.8 Å². The number of anilines is 1. The van der Waals surface area contributed by atoms with Gasteiger partial charge in [0.05, 0.1) is 7.11 Å². The molecule has 2 aromatic rings. The highest BCUT2D eigenvalue weighted by atomic mass is 16.5. The number of carbonyl (C=O) groups excluding carboxylic acids is 1. The lowest BCUT2D eigenvalue weighted by Gasteiger charge is -2.34. The quantitative estimate of drug-likeness (QED) is 0.701. The molecule has 0 saturated carbocycles. The number of nitrogens with zero attached hydrogens (tertiary/aromatic N) is 1. The molecule has 0 radical (unpaired) electrons. The fraction of sp³-hybridized carbons (Fsp3) is 0.480. The minimum absolute atomic E-state index is 0.0116. The Hall–Kier alpha value is -2.33. The molecule has 154 valence electrons. The van der Waals surface area contributed by atoms with Crippen LogP contribution in [-0.4, -0.2) is 32.8 Å². The summed E-state index contributed by atoms with van der Waals surface area (Å²) < 4.78 is 11.0. The van der Waals surface area contributed by atoms with Crippen molar-refractivity contribution in [2.45, 2.75) is 44.9 Å². The van der Waals surface area contributed by atoms with Crippen LogP contribution in [0.15, 0.2) is 42.5 Å². The summed E-state index contributed by atoms with van der Waals surface area (Å²) >= 11 is 0. The van der Waals surface area contributed by atoms with Crippen LogP contribution < -0.4 is 9.64 Å². The Kier molecular flexibility index (Phi) is 5.64. The number of hydrogen-bond acceptors (Lipinski definition) is 3. The molecule has 29 heavy (non-hydrogen) atoms. The molecule has 0 N–H and O–H groups in total. The summed E-state index contributed by atoms with van der Waals surface area (Å²) in [5, 5.41) is 0. The number of carbonyl (C=O) groups is 1. The van der Waals surface area contributed by atoms with Crippen molar-refractivity contribution in [3.63, 3.8) is 0 Å². The Morgan fingerprint density at radius 1 is 1.14 bits per heavy atom. The summed E-state index contributed by atoms with van der Waals surface area (Å²) in [6, 6.07) is 14.8. The monoisotopic (exact) mass is 393 g/mol. The van der Waals surface area contributed by atoms with Crippen molar-refractivity contribution in [1.82, 2.24) is 0 Å². The normalized spacial score (nSPS) is 18.5. The second-order valence-electron chi connectivity index (χ2n) is 8.47. The molecule has 4 heteroatoms. The average molecular weight is 394 g/mol. The van der Waals surface area contributed by atoms with E-state index in [2.05, 4.69) is 49.1 Å². The fourth-order valence-electron chi connectivity index (χ4n) is 4.84. The molecule has 1 unspecified atom stereocenters. The molecule has 1 saturated heterocycles. The summed E-state index contributed by atoms with van der Waals surface area (Å²) in [4.78, 5) is 15.3. The molecule has 4 nitrogen and oxygen atoms in total. The zero-order valence-electron chi connectivity index (χ0n) is 17.7. The van der Waals surface area contributed by atoms with E-state index >= 15 is 0 Å². The van der Waals surface area contributed by atoms with Gasteiger partial charge < -0.3 is 14.4 Å². The average Bonchev–Trinajstić information content (AvgIpc) is 3.07. The summed E-state index contributed by atoms with van der Waals surface area (Å²) in [7, 11) is 1.68. The van der Waals surface area contributed by atoms with E-state index in [9.17, 15) is 4.79 Å². The van der Waals surface area contributed by atoms with Crippen LogP contribution in [0.25, 0.3) is 11.1 Å². The Morgan fingerprint density at radius 3 is 2.48 bits per heavy atom. The highest BCUT2D eigenvalue weighted by Crippen LogP contribution is 2.48.